The fourth-order valence-electron chi connectivity index (χ4n) is 5.46. The van der Waals surface area contributed by atoms with Crippen molar-refractivity contribution in [3.8, 4) is 5.75 Å². The van der Waals surface area contributed by atoms with E-state index < -0.39 is 0 Å². The molecule has 0 aliphatic heterocycles. The van der Waals surface area contributed by atoms with Crippen LogP contribution in [0, 0.1) is 5.92 Å². The molecule has 208 valence electrons. The molecule has 0 unspecified atom stereocenters. The van der Waals surface area contributed by atoms with Crippen molar-refractivity contribution in [3.63, 3.8) is 0 Å². The van der Waals surface area contributed by atoms with Crippen molar-refractivity contribution in [2.45, 2.75) is 71.5 Å². The fourth-order valence-corrected chi connectivity index (χ4v) is 5.46. The zero-order valence-corrected chi connectivity index (χ0v) is 23.6. The number of rotatable bonds is 14. The van der Waals surface area contributed by atoms with Crippen molar-refractivity contribution in [3.05, 3.63) is 89.7 Å². The number of carbonyl (C=O) groups is 2. The van der Waals surface area contributed by atoms with Crippen LogP contribution in [-0.2, 0) is 29.2 Å². The summed E-state index contributed by atoms with van der Waals surface area (Å²) < 4.78 is 7.58. The summed E-state index contributed by atoms with van der Waals surface area (Å²) in [6.45, 7) is 4.63. The lowest BCUT2D eigenvalue weighted by Gasteiger charge is -2.30. The molecule has 1 heterocycles. The van der Waals surface area contributed by atoms with Gasteiger partial charge in [-0.3, -0.25) is 9.59 Å². The van der Waals surface area contributed by atoms with Crippen molar-refractivity contribution in [1.82, 2.24) is 14.4 Å². The molecule has 6 heteroatoms. The first kappa shape index (κ1) is 28.5. The molecular weight excluding hydrogens is 486 g/mol. The zero-order chi connectivity index (χ0) is 27.5. The van der Waals surface area contributed by atoms with E-state index in [9.17, 15) is 9.59 Å². The highest BCUT2D eigenvalue weighted by Crippen LogP contribution is 2.27. The normalized spacial score (nSPS) is 13.4. The third-order valence-electron chi connectivity index (χ3n) is 7.71. The van der Waals surface area contributed by atoms with Crippen LogP contribution in [0.5, 0.6) is 5.75 Å². The molecule has 0 atom stereocenters. The molecule has 39 heavy (non-hydrogen) atoms. The van der Waals surface area contributed by atoms with Gasteiger partial charge in [0.1, 0.15) is 5.75 Å². The summed E-state index contributed by atoms with van der Waals surface area (Å²) in [7, 11) is 1.68. The van der Waals surface area contributed by atoms with Crippen LogP contribution < -0.4 is 4.74 Å². The summed E-state index contributed by atoms with van der Waals surface area (Å²) in [6, 6.07) is 22.3. The second-order valence-corrected chi connectivity index (χ2v) is 10.7. The van der Waals surface area contributed by atoms with E-state index in [1.54, 1.807) is 7.11 Å². The minimum absolute atomic E-state index is 0.00386. The van der Waals surface area contributed by atoms with Crippen LogP contribution in [-0.4, -0.2) is 46.4 Å². The Kier molecular flexibility index (Phi) is 10.6. The topological polar surface area (TPSA) is 54.8 Å². The molecule has 0 bridgehead atoms. The SMILES string of the molecule is CCCCCN(CC(=O)N(Cc1ccccc1)Cc1cccn1Cc1cccc(OC)c1)C(=O)C1CCCC1. The van der Waals surface area contributed by atoms with E-state index in [0.29, 0.717) is 26.2 Å². The Labute approximate surface area is 233 Å². The van der Waals surface area contributed by atoms with Crippen LogP contribution >= 0.6 is 0 Å². The van der Waals surface area contributed by atoms with Crippen LogP contribution in [0.25, 0.3) is 0 Å². The Bertz CT molecular complexity index is 1180. The summed E-state index contributed by atoms with van der Waals surface area (Å²) in [5.74, 6) is 1.06. The standard InChI is InChI=1S/C33H43N3O3/c1-3-4-10-20-35(33(38)29-16-8-9-17-29)26-32(37)36(23-27-13-6-5-7-14-27)25-30-18-12-21-34(30)24-28-15-11-19-31(22-28)39-2/h5-7,11-15,18-19,21-22,29H,3-4,8-10,16-17,20,23-26H2,1-2H3. The third-order valence-corrected chi connectivity index (χ3v) is 7.71. The molecule has 6 nitrogen and oxygen atoms in total. The monoisotopic (exact) mass is 529 g/mol. The minimum atomic E-state index is -0.00386. The molecule has 1 aromatic heterocycles. The van der Waals surface area contributed by atoms with E-state index in [2.05, 4.69) is 42.0 Å². The van der Waals surface area contributed by atoms with Gasteiger partial charge in [-0.05, 0) is 54.7 Å². The number of methoxy groups -OCH3 is 1. The van der Waals surface area contributed by atoms with E-state index in [0.717, 1.165) is 67.5 Å². The van der Waals surface area contributed by atoms with Crippen LogP contribution in [0.15, 0.2) is 72.9 Å². The molecular formula is C33H43N3O3. The molecule has 1 saturated carbocycles. The number of unbranched alkanes of at least 4 members (excludes halogenated alkanes) is 2. The molecule has 1 aliphatic rings. The third kappa shape index (κ3) is 8.22. The second kappa shape index (κ2) is 14.6. The summed E-state index contributed by atoms with van der Waals surface area (Å²) in [5.41, 5.74) is 3.27. The molecule has 0 spiro atoms. The van der Waals surface area contributed by atoms with Crippen LogP contribution in [0.1, 0.15) is 68.7 Å². The first-order valence-corrected chi connectivity index (χ1v) is 14.4. The Balaban J connectivity index is 1.52. The predicted octanol–water partition coefficient (Wildman–Crippen LogP) is 6.28. The lowest BCUT2D eigenvalue weighted by molar-refractivity contribution is -0.143. The van der Waals surface area contributed by atoms with Gasteiger partial charge < -0.3 is 19.1 Å². The molecule has 0 radical (unpaired) electrons. The van der Waals surface area contributed by atoms with Crippen molar-refractivity contribution in [2.24, 2.45) is 5.92 Å². The summed E-state index contributed by atoms with van der Waals surface area (Å²) >= 11 is 0. The van der Waals surface area contributed by atoms with Crippen LogP contribution in [0.3, 0.4) is 0 Å². The van der Waals surface area contributed by atoms with Gasteiger partial charge in [0.15, 0.2) is 0 Å². The largest absolute Gasteiger partial charge is 0.497 e. The Morgan fingerprint density at radius 1 is 0.897 bits per heavy atom. The first-order chi connectivity index (χ1) is 19.1. The Morgan fingerprint density at radius 3 is 2.41 bits per heavy atom. The van der Waals surface area contributed by atoms with Crippen LogP contribution in [0.2, 0.25) is 0 Å². The van der Waals surface area contributed by atoms with Gasteiger partial charge in [-0.15, -0.1) is 0 Å². The Hall–Kier alpha value is -3.54. The zero-order valence-electron chi connectivity index (χ0n) is 23.6. The van der Waals surface area contributed by atoms with Crippen molar-refractivity contribution < 1.29 is 14.3 Å². The molecule has 4 rings (SSSR count). The summed E-state index contributed by atoms with van der Waals surface area (Å²) in [4.78, 5) is 31.1. The van der Waals surface area contributed by atoms with Gasteiger partial charge in [0.25, 0.3) is 0 Å². The van der Waals surface area contributed by atoms with Gasteiger partial charge in [-0.1, -0.05) is 75.1 Å². The van der Waals surface area contributed by atoms with Crippen molar-refractivity contribution in [1.29, 1.82) is 0 Å². The lowest BCUT2D eigenvalue weighted by Crippen LogP contribution is -2.44. The quantitative estimate of drug-likeness (QED) is 0.231. The molecule has 2 amide bonds. The minimum Gasteiger partial charge on any atom is -0.497 e. The fraction of sp³-hybridized carbons (Fsp3) is 0.455. The van der Waals surface area contributed by atoms with Crippen LogP contribution in [0.4, 0.5) is 0 Å². The number of aromatic nitrogens is 1. The number of hydrogen-bond acceptors (Lipinski definition) is 3. The van der Waals surface area contributed by atoms with Gasteiger partial charge in [0.2, 0.25) is 11.8 Å². The maximum absolute atomic E-state index is 13.9. The number of amides is 2. The average molecular weight is 530 g/mol. The van der Waals surface area contributed by atoms with E-state index in [4.69, 9.17) is 4.74 Å². The summed E-state index contributed by atoms with van der Waals surface area (Å²) in [6.07, 6.45) is 9.25. The highest BCUT2D eigenvalue weighted by molar-refractivity contribution is 5.86. The molecule has 3 aromatic rings. The molecule has 0 saturated heterocycles. The number of ether oxygens (including phenoxy) is 1. The van der Waals surface area contributed by atoms with E-state index in [1.165, 1.54) is 0 Å². The number of hydrogen-bond donors (Lipinski definition) is 0. The second-order valence-electron chi connectivity index (χ2n) is 10.7. The van der Waals surface area contributed by atoms with Crippen molar-refractivity contribution in [2.75, 3.05) is 20.2 Å². The molecule has 0 N–H and O–H groups in total. The molecule has 2 aromatic carbocycles. The van der Waals surface area contributed by atoms with Gasteiger partial charge in [0, 0.05) is 37.4 Å². The van der Waals surface area contributed by atoms with Crippen molar-refractivity contribution >= 4 is 11.8 Å². The molecule has 1 aliphatic carbocycles. The maximum atomic E-state index is 13.9. The van der Waals surface area contributed by atoms with Gasteiger partial charge in [-0.2, -0.15) is 0 Å². The number of nitrogens with zero attached hydrogens (tertiary/aromatic N) is 3. The smallest absolute Gasteiger partial charge is 0.242 e. The Morgan fingerprint density at radius 2 is 1.67 bits per heavy atom. The highest BCUT2D eigenvalue weighted by Gasteiger charge is 2.29. The van der Waals surface area contributed by atoms with E-state index in [-0.39, 0.29) is 24.3 Å². The van der Waals surface area contributed by atoms with Gasteiger partial charge >= 0.3 is 0 Å². The maximum Gasteiger partial charge on any atom is 0.242 e. The molecule has 1 fully saturated rings. The summed E-state index contributed by atoms with van der Waals surface area (Å²) in [5, 5.41) is 0. The highest BCUT2D eigenvalue weighted by atomic mass is 16.5. The number of carbonyl (C=O) groups excluding carboxylic acids is 2. The van der Waals surface area contributed by atoms with E-state index in [1.807, 2.05) is 52.3 Å². The average Bonchev–Trinajstić information content (AvgIpc) is 3.65. The number of benzene rings is 2. The lowest BCUT2D eigenvalue weighted by atomic mass is 10.1. The van der Waals surface area contributed by atoms with E-state index >= 15 is 0 Å². The first-order valence-electron chi connectivity index (χ1n) is 14.4. The van der Waals surface area contributed by atoms with Gasteiger partial charge in [-0.25, -0.2) is 0 Å². The van der Waals surface area contributed by atoms with Gasteiger partial charge in [0.05, 0.1) is 20.2 Å². The predicted molar refractivity (Wildman–Crippen MR) is 155 cm³/mol.